The molecule has 1 aromatic heterocycles. The zero-order chi connectivity index (χ0) is 29.7. The molecule has 1 aliphatic heterocycles. The highest BCUT2D eigenvalue weighted by atomic mass is 16.6. The van der Waals surface area contributed by atoms with Crippen LogP contribution in [-0.4, -0.2) is 66.1 Å². The van der Waals surface area contributed by atoms with E-state index >= 15 is 0 Å². The van der Waals surface area contributed by atoms with E-state index in [-0.39, 0.29) is 17.9 Å². The first kappa shape index (κ1) is 30.0. The minimum absolute atomic E-state index is 0.0528. The van der Waals surface area contributed by atoms with Crippen molar-refractivity contribution >= 4 is 12.0 Å². The Balaban J connectivity index is 1.55. The normalized spacial score (nSPS) is 14.1. The van der Waals surface area contributed by atoms with Crippen molar-refractivity contribution in [2.45, 2.75) is 65.4 Å². The maximum Gasteiger partial charge on any atom is 0.410 e. The van der Waals surface area contributed by atoms with Gasteiger partial charge in [-0.05, 0) is 101 Å². The number of carbonyl (C=O) groups excluding carboxylic acids is 2. The Bertz CT molecular complexity index is 1380. The lowest BCUT2D eigenvalue weighted by Gasteiger charge is -2.34. The molecule has 1 aliphatic rings. The number of benzene rings is 2. The van der Waals surface area contributed by atoms with Crippen LogP contribution in [0.3, 0.4) is 0 Å². The molecule has 0 aliphatic carbocycles. The fourth-order valence-electron chi connectivity index (χ4n) is 5.13. The van der Waals surface area contributed by atoms with Gasteiger partial charge in [0.2, 0.25) is 0 Å². The van der Waals surface area contributed by atoms with Crippen molar-refractivity contribution in [3.05, 3.63) is 70.5 Å². The number of amides is 2. The number of rotatable bonds is 8. The lowest BCUT2D eigenvalue weighted by atomic mass is 9.90. The molecule has 0 atom stereocenters. The van der Waals surface area contributed by atoms with Gasteiger partial charge in [0.15, 0.2) is 0 Å². The maximum atomic E-state index is 13.6. The summed E-state index contributed by atoms with van der Waals surface area (Å²) in [6.45, 7) is 11.3. The third kappa shape index (κ3) is 7.20. The van der Waals surface area contributed by atoms with Gasteiger partial charge < -0.3 is 24.4 Å². The Morgan fingerprint density at radius 1 is 1.00 bits per heavy atom. The predicted octanol–water partition coefficient (Wildman–Crippen LogP) is 5.59. The summed E-state index contributed by atoms with van der Waals surface area (Å²) in [5, 5.41) is 7.77. The molecule has 3 aromatic rings. The Morgan fingerprint density at radius 2 is 1.73 bits per heavy atom. The highest BCUT2D eigenvalue weighted by Crippen LogP contribution is 2.33. The Morgan fingerprint density at radius 3 is 2.37 bits per heavy atom. The minimum Gasteiger partial charge on any atom is -0.497 e. The van der Waals surface area contributed by atoms with Crippen molar-refractivity contribution in [3.8, 4) is 17.2 Å². The Hall–Kier alpha value is -4.01. The lowest BCUT2D eigenvalue weighted by Crippen LogP contribution is -2.41. The smallest absolute Gasteiger partial charge is 0.410 e. The van der Waals surface area contributed by atoms with E-state index in [1.165, 1.54) is 5.56 Å². The highest BCUT2D eigenvalue weighted by Gasteiger charge is 2.32. The number of nitrogens with one attached hydrogen (secondary N) is 1. The van der Waals surface area contributed by atoms with Crippen LogP contribution < -0.4 is 14.8 Å². The molecule has 1 N–H and O–H groups in total. The van der Waals surface area contributed by atoms with Gasteiger partial charge in [-0.3, -0.25) is 4.79 Å². The van der Waals surface area contributed by atoms with Gasteiger partial charge in [-0.2, -0.15) is 5.10 Å². The molecule has 0 spiro atoms. The number of hydrogen-bond acceptors (Lipinski definition) is 6. The molecule has 9 heteroatoms. The Labute approximate surface area is 242 Å². The van der Waals surface area contributed by atoms with E-state index in [9.17, 15) is 9.59 Å². The third-order valence-electron chi connectivity index (χ3n) is 7.49. The number of aryl methyl sites for hydroxylation is 2. The molecule has 0 unspecified atom stereocenters. The van der Waals surface area contributed by atoms with E-state index in [1.54, 1.807) is 25.3 Å². The number of ether oxygens (including phenoxy) is 3. The van der Waals surface area contributed by atoms with Crippen LogP contribution in [0.5, 0.6) is 11.5 Å². The van der Waals surface area contributed by atoms with Crippen LogP contribution >= 0.6 is 0 Å². The van der Waals surface area contributed by atoms with Gasteiger partial charge >= 0.3 is 6.09 Å². The maximum absolute atomic E-state index is 13.6. The van der Waals surface area contributed by atoms with Crippen LogP contribution in [0.2, 0.25) is 0 Å². The first-order chi connectivity index (χ1) is 19.5. The average molecular weight is 563 g/mol. The van der Waals surface area contributed by atoms with E-state index in [2.05, 4.69) is 36.4 Å². The van der Waals surface area contributed by atoms with Gasteiger partial charge in [0, 0.05) is 25.6 Å². The fraction of sp³-hybridized carbons (Fsp3) is 0.469. The molecule has 1 fully saturated rings. The molecule has 41 heavy (non-hydrogen) atoms. The zero-order valence-corrected chi connectivity index (χ0v) is 25.2. The molecule has 2 heterocycles. The van der Waals surface area contributed by atoms with Gasteiger partial charge in [0.05, 0.1) is 37.4 Å². The standard InChI is InChI=1S/C32H42N4O5/c1-21-8-9-25(18-22(21)2)36-29(23-13-16-35(17-14-23)31(38)41-32(3,4)5)27(20-34-36)30(37)33-15-12-24-19-26(39-6)10-11-28(24)40-7/h8-11,18-20,23H,12-17H2,1-7H3,(H,33,37). The average Bonchev–Trinajstić information content (AvgIpc) is 3.39. The van der Waals surface area contributed by atoms with Crippen molar-refractivity contribution in [2.75, 3.05) is 33.9 Å². The van der Waals surface area contributed by atoms with E-state index in [0.717, 1.165) is 34.0 Å². The van der Waals surface area contributed by atoms with Crippen LogP contribution in [0.1, 0.15) is 72.3 Å². The van der Waals surface area contributed by atoms with Crippen molar-refractivity contribution in [1.82, 2.24) is 20.0 Å². The van der Waals surface area contributed by atoms with E-state index in [0.29, 0.717) is 44.5 Å². The van der Waals surface area contributed by atoms with Crippen molar-refractivity contribution < 1.29 is 23.8 Å². The first-order valence-electron chi connectivity index (χ1n) is 14.1. The van der Waals surface area contributed by atoms with Crippen molar-refractivity contribution in [3.63, 3.8) is 0 Å². The molecular weight excluding hydrogens is 520 g/mol. The number of carbonyl (C=O) groups is 2. The number of methoxy groups -OCH3 is 2. The van der Waals surface area contributed by atoms with Crippen LogP contribution in [-0.2, 0) is 11.2 Å². The van der Waals surface area contributed by atoms with Crippen LogP contribution in [0.25, 0.3) is 5.69 Å². The van der Waals surface area contributed by atoms with Crippen molar-refractivity contribution in [2.24, 2.45) is 0 Å². The predicted molar refractivity (Wildman–Crippen MR) is 158 cm³/mol. The number of aromatic nitrogens is 2. The lowest BCUT2D eigenvalue weighted by molar-refractivity contribution is 0.0203. The van der Waals surface area contributed by atoms with Crippen LogP contribution in [0.4, 0.5) is 4.79 Å². The molecule has 9 nitrogen and oxygen atoms in total. The molecule has 4 rings (SSSR count). The minimum atomic E-state index is -0.546. The molecule has 2 aromatic carbocycles. The zero-order valence-electron chi connectivity index (χ0n) is 25.2. The third-order valence-corrected chi connectivity index (χ3v) is 7.49. The molecule has 0 bridgehead atoms. The quantitative estimate of drug-likeness (QED) is 0.384. The molecule has 220 valence electrons. The van der Waals surface area contributed by atoms with E-state index in [4.69, 9.17) is 14.2 Å². The SMILES string of the molecule is COc1ccc(OC)c(CCNC(=O)c2cnn(-c3ccc(C)c(C)c3)c2C2CCN(C(=O)OC(C)(C)C)CC2)c1. The van der Waals surface area contributed by atoms with E-state index in [1.807, 2.05) is 49.7 Å². The topological polar surface area (TPSA) is 94.9 Å². The van der Waals surface area contributed by atoms with Gasteiger partial charge in [0.1, 0.15) is 17.1 Å². The van der Waals surface area contributed by atoms with Crippen LogP contribution in [0, 0.1) is 13.8 Å². The summed E-state index contributed by atoms with van der Waals surface area (Å²) in [4.78, 5) is 28.0. The Kier molecular flexibility index (Phi) is 9.25. The summed E-state index contributed by atoms with van der Waals surface area (Å²) in [6.07, 6.45) is 3.35. The second-order valence-electron chi connectivity index (χ2n) is 11.5. The summed E-state index contributed by atoms with van der Waals surface area (Å²) < 4.78 is 18.3. The van der Waals surface area contributed by atoms with Gasteiger partial charge in [-0.15, -0.1) is 0 Å². The summed E-state index contributed by atoms with van der Waals surface area (Å²) in [5.41, 5.74) is 5.09. The molecule has 2 amide bonds. The number of likely N-dealkylation sites (tertiary alicyclic amines) is 1. The van der Waals surface area contributed by atoms with Crippen molar-refractivity contribution in [1.29, 1.82) is 0 Å². The number of hydrogen-bond donors (Lipinski definition) is 1. The molecular formula is C32H42N4O5. The number of nitrogens with zero attached hydrogens (tertiary/aromatic N) is 3. The molecule has 0 radical (unpaired) electrons. The van der Waals surface area contributed by atoms with Gasteiger partial charge in [0.25, 0.3) is 5.91 Å². The highest BCUT2D eigenvalue weighted by molar-refractivity contribution is 5.95. The summed E-state index contributed by atoms with van der Waals surface area (Å²) in [6, 6.07) is 11.8. The van der Waals surface area contributed by atoms with E-state index < -0.39 is 5.60 Å². The van der Waals surface area contributed by atoms with Gasteiger partial charge in [-0.25, -0.2) is 9.48 Å². The fourth-order valence-corrected chi connectivity index (χ4v) is 5.13. The summed E-state index contributed by atoms with van der Waals surface area (Å²) in [7, 11) is 3.26. The molecule has 1 saturated heterocycles. The van der Waals surface area contributed by atoms with Gasteiger partial charge in [-0.1, -0.05) is 6.07 Å². The largest absolute Gasteiger partial charge is 0.497 e. The summed E-state index contributed by atoms with van der Waals surface area (Å²) >= 11 is 0. The summed E-state index contributed by atoms with van der Waals surface area (Å²) in [5.74, 6) is 1.37. The second kappa shape index (κ2) is 12.7. The van der Waals surface area contributed by atoms with Crippen LogP contribution in [0.15, 0.2) is 42.6 Å². The monoisotopic (exact) mass is 562 g/mol. The first-order valence-corrected chi connectivity index (χ1v) is 14.1. The number of piperidine rings is 1. The second-order valence-corrected chi connectivity index (χ2v) is 11.5. The molecule has 0 saturated carbocycles.